The molecule has 5 rings (SSSR count). The smallest absolute Gasteiger partial charge is 0.256 e. The van der Waals surface area contributed by atoms with E-state index < -0.39 is 0 Å². The van der Waals surface area contributed by atoms with Gasteiger partial charge >= 0.3 is 0 Å². The Morgan fingerprint density at radius 2 is 1.82 bits per heavy atom. The zero-order valence-corrected chi connectivity index (χ0v) is 18.8. The summed E-state index contributed by atoms with van der Waals surface area (Å²) in [5.41, 5.74) is 4.17. The maximum Gasteiger partial charge on any atom is 0.256 e. The van der Waals surface area contributed by atoms with E-state index in [1.807, 2.05) is 31.4 Å². The Balaban J connectivity index is 1.31. The van der Waals surface area contributed by atoms with Crippen molar-refractivity contribution < 1.29 is 4.79 Å². The lowest BCUT2D eigenvalue weighted by Crippen LogP contribution is -2.44. The van der Waals surface area contributed by atoms with Crippen molar-refractivity contribution in [2.75, 3.05) is 38.5 Å². The van der Waals surface area contributed by atoms with Crippen LogP contribution in [-0.4, -0.2) is 73.7 Å². The van der Waals surface area contributed by atoms with E-state index in [1.165, 1.54) is 0 Å². The molecule has 4 aromatic rings. The normalized spacial score (nSPS) is 15.1. The minimum Gasteiger partial charge on any atom is -0.307 e. The molecule has 33 heavy (non-hydrogen) atoms. The zero-order chi connectivity index (χ0) is 22.8. The number of carbonyl (C=O) groups excluding carboxylic acids is 1. The average Bonchev–Trinajstić information content (AvgIpc) is 3.26. The summed E-state index contributed by atoms with van der Waals surface area (Å²) in [6.07, 6.45) is 8.91. The molecule has 1 N–H and O–H groups in total. The lowest BCUT2D eigenvalue weighted by molar-refractivity contribution is 0.102. The largest absolute Gasteiger partial charge is 0.307 e. The number of hydrogen-bond acceptors (Lipinski definition) is 7. The third kappa shape index (κ3) is 4.89. The van der Waals surface area contributed by atoms with Crippen LogP contribution in [0.1, 0.15) is 16.1 Å². The third-order valence-electron chi connectivity index (χ3n) is 5.91. The Hall–Kier alpha value is -3.69. The van der Waals surface area contributed by atoms with Crippen LogP contribution in [0, 0.1) is 0 Å². The highest BCUT2D eigenvalue weighted by Gasteiger charge is 2.16. The molecule has 9 heteroatoms. The lowest BCUT2D eigenvalue weighted by Gasteiger charge is -2.32. The third-order valence-corrected chi connectivity index (χ3v) is 5.91. The molecule has 0 spiro atoms. The second kappa shape index (κ2) is 9.05. The minimum atomic E-state index is -0.208. The number of fused-ring (bicyclic) bond motifs is 1. The number of likely N-dealkylation sites (N-methyl/N-ethyl adjacent to an activating group) is 1. The van der Waals surface area contributed by atoms with Crippen LogP contribution in [0.25, 0.3) is 22.0 Å². The number of pyridine rings is 3. The first-order valence-corrected chi connectivity index (χ1v) is 11.0. The fourth-order valence-corrected chi connectivity index (χ4v) is 3.96. The van der Waals surface area contributed by atoms with Gasteiger partial charge in [0.05, 0.1) is 23.6 Å². The molecule has 1 aliphatic rings. The summed E-state index contributed by atoms with van der Waals surface area (Å²) in [6, 6.07) is 7.45. The number of anilines is 1. The number of hydrogen-bond donors (Lipinski definition) is 1. The fourth-order valence-electron chi connectivity index (χ4n) is 3.96. The van der Waals surface area contributed by atoms with Crippen LogP contribution in [0.5, 0.6) is 0 Å². The van der Waals surface area contributed by atoms with Crippen LogP contribution in [0.4, 0.5) is 5.82 Å². The number of rotatable bonds is 5. The topological polar surface area (TPSA) is 92.1 Å². The van der Waals surface area contributed by atoms with E-state index in [9.17, 15) is 4.79 Å². The van der Waals surface area contributed by atoms with Gasteiger partial charge in [-0.3, -0.25) is 24.3 Å². The van der Waals surface area contributed by atoms with Gasteiger partial charge in [0.1, 0.15) is 5.82 Å². The maximum absolute atomic E-state index is 12.9. The van der Waals surface area contributed by atoms with Gasteiger partial charge < -0.3 is 10.2 Å². The predicted octanol–water partition coefficient (Wildman–Crippen LogP) is 2.43. The number of nitrogens with zero attached hydrogens (tertiary/aromatic N) is 7. The summed E-state index contributed by atoms with van der Waals surface area (Å²) in [5, 5.41) is 8.02. The molecule has 0 bridgehead atoms. The Labute approximate surface area is 192 Å². The quantitative estimate of drug-likeness (QED) is 0.507. The Bertz CT molecular complexity index is 1290. The molecule has 0 aliphatic carbocycles. The highest BCUT2D eigenvalue weighted by Crippen LogP contribution is 2.23. The molecule has 1 saturated heterocycles. The van der Waals surface area contributed by atoms with Crippen molar-refractivity contribution in [3.8, 4) is 11.1 Å². The van der Waals surface area contributed by atoms with Gasteiger partial charge in [0.2, 0.25) is 0 Å². The minimum absolute atomic E-state index is 0.208. The summed E-state index contributed by atoms with van der Waals surface area (Å²) in [5.74, 6) is 0.273. The maximum atomic E-state index is 12.9. The SMILES string of the molecule is CN1CCN(Cc2cc(C(=O)Nc3cc4cc(-c5cnn(C)c5)cnc4cn3)ccn2)CC1. The summed E-state index contributed by atoms with van der Waals surface area (Å²) < 4.78 is 1.75. The van der Waals surface area contributed by atoms with Gasteiger partial charge in [0, 0.05) is 80.4 Å². The van der Waals surface area contributed by atoms with E-state index in [4.69, 9.17) is 0 Å². The van der Waals surface area contributed by atoms with E-state index in [2.05, 4.69) is 42.2 Å². The molecule has 0 atom stereocenters. The van der Waals surface area contributed by atoms with Crippen molar-refractivity contribution in [2.45, 2.75) is 6.54 Å². The molecule has 0 aromatic carbocycles. The van der Waals surface area contributed by atoms with Crippen LogP contribution in [-0.2, 0) is 13.6 Å². The molecule has 0 radical (unpaired) electrons. The highest BCUT2D eigenvalue weighted by molar-refractivity contribution is 6.04. The molecule has 0 unspecified atom stereocenters. The summed E-state index contributed by atoms with van der Waals surface area (Å²) in [7, 11) is 4.02. The van der Waals surface area contributed by atoms with Crippen molar-refractivity contribution >= 4 is 22.6 Å². The van der Waals surface area contributed by atoms with E-state index in [0.717, 1.165) is 60.4 Å². The van der Waals surface area contributed by atoms with Crippen molar-refractivity contribution in [1.82, 2.24) is 34.5 Å². The van der Waals surface area contributed by atoms with Gasteiger partial charge in [-0.1, -0.05) is 0 Å². The second-order valence-electron chi connectivity index (χ2n) is 8.46. The van der Waals surface area contributed by atoms with E-state index >= 15 is 0 Å². The Morgan fingerprint density at radius 1 is 0.970 bits per heavy atom. The van der Waals surface area contributed by atoms with Crippen LogP contribution >= 0.6 is 0 Å². The number of aromatic nitrogens is 5. The summed E-state index contributed by atoms with van der Waals surface area (Å²) in [6.45, 7) is 4.84. The number of carbonyl (C=O) groups is 1. The van der Waals surface area contributed by atoms with Crippen LogP contribution in [0.2, 0.25) is 0 Å². The van der Waals surface area contributed by atoms with Crippen molar-refractivity contribution in [3.05, 3.63) is 66.5 Å². The van der Waals surface area contributed by atoms with E-state index in [0.29, 0.717) is 11.4 Å². The van der Waals surface area contributed by atoms with Crippen LogP contribution < -0.4 is 5.32 Å². The van der Waals surface area contributed by atoms with Crippen LogP contribution in [0.15, 0.2) is 55.2 Å². The molecule has 4 aromatic heterocycles. The Kier molecular flexibility index (Phi) is 5.80. The van der Waals surface area contributed by atoms with Gasteiger partial charge in [-0.2, -0.15) is 5.10 Å². The van der Waals surface area contributed by atoms with Gasteiger partial charge in [-0.25, -0.2) is 4.98 Å². The molecule has 1 fully saturated rings. The molecule has 1 aliphatic heterocycles. The van der Waals surface area contributed by atoms with Gasteiger partial charge in [0.15, 0.2) is 0 Å². The van der Waals surface area contributed by atoms with Crippen molar-refractivity contribution in [2.24, 2.45) is 7.05 Å². The molecule has 0 saturated carbocycles. The van der Waals surface area contributed by atoms with Gasteiger partial charge in [0.25, 0.3) is 5.91 Å². The first-order chi connectivity index (χ1) is 16.0. The summed E-state index contributed by atoms with van der Waals surface area (Å²) >= 11 is 0. The predicted molar refractivity (Wildman–Crippen MR) is 127 cm³/mol. The van der Waals surface area contributed by atoms with Crippen molar-refractivity contribution in [3.63, 3.8) is 0 Å². The Morgan fingerprint density at radius 3 is 2.61 bits per heavy atom. The standard InChI is InChI=1S/C24H26N8O/c1-30-5-7-32(8-6-30)16-21-10-17(3-4-25-21)24(33)29-23-11-18-9-19(12-26-22(18)14-27-23)20-13-28-31(2)15-20/h3-4,9-15H,5-8,16H2,1-2H3,(H,27,29,33). The molecule has 168 valence electrons. The fraction of sp³-hybridized carbons (Fsp3) is 0.292. The first kappa shape index (κ1) is 21.2. The zero-order valence-electron chi connectivity index (χ0n) is 18.8. The van der Waals surface area contributed by atoms with E-state index in [1.54, 1.807) is 35.5 Å². The molecular weight excluding hydrogens is 416 g/mol. The van der Waals surface area contributed by atoms with Gasteiger partial charge in [-0.05, 0) is 31.3 Å². The van der Waals surface area contributed by atoms with Gasteiger partial charge in [-0.15, -0.1) is 0 Å². The number of piperazine rings is 1. The monoisotopic (exact) mass is 442 g/mol. The highest BCUT2D eigenvalue weighted by atomic mass is 16.1. The number of aryl methyl sites for hydroxylation is 1. The summed E-state index contributed by atoms with van der Waals surface area (Å²) in [4.78, 5) is 30.9. The number of nitrogens with one attached hydrogen (secondary N) is 1. The first-order valence-electron chi connectivity index (χ1n) is 11.0. The average molecular weight is 443 g/mol. The van der Waals surface area contributed by atoms with Crippen molar-refractivity contribution in [1.29, 1.82) is 0 Å². The second-order valence-corrected chi connectivity index (χ2v) is 8.46. The van der Waals surface area contributed by atoms with Crippen LogP contribution in [0.3, 0.4) is 0 Å². The molecule has 5 heterocycles. The lowest BCUT2D eigenvalue weighted by atomic mass is 10.1. The van der Waals surface area contributed by atoms with E-state index in [-0.39, 0.29) is 5.91 Å². The molecule has 1 amide bonds. The number of amides is 1. The molecular formula is C24H26N8O. The molecule has 9 nitrogen and oxygen atoms in total.